The Morgan fingerprint density at radius 1 is 1.29 bits per heavy atom. The van der Waals surface area contributed by atoms with Crippen LogP contribution in [0, 0.1) is 0 Å². The normalized spacial score (nSPS) is 12.0. The molecule has 0 aliphatic heterocycles. The minimum absolute atomic E-state index is 0.0673. The van der Waals surface area contributed by atoms with Crippen molar-refractivity contribution in [3.63, 3.8) is 0 Å². The van der Waals surface area contributed by atoms with Gasteiger partial charge in [-0.15, -0.1) is 11.3 Å². The second kappa shape index (κ2) is 7.38. The number of carboxylic acids is 1. The van der Waals surface area contributed by atoms with Crippen molar-refractivity contribution >= 4 is 34.6 Å². The molecule has 0 aromatic carbocycles. The highest BCUT2D eigenvalue weighted by Crippen LogP contribution is 2.19. The number of amides is 1. The van der Waals surface area contributed by atoms with Gasteiger partial charge in [0.05, 0.1) is 11.3 Å². The summed E-state index contributed by atoms with van der Waals surface area (Å²) in [5, 5.41) is 15.6. The molecule has 1 unspecified atom stereocenters. The van der Waals surface area contributed by atoms with E-state index in [9.17, 15) is 9.59 Å². The van der Waals surface area contributed by atoms with Crippen LogP contribution in [0.1, 0.15) is 33.5 Å². The summed E-state index contributed by atoms with van der Waals surface area (Å²) in [4.78, 5) is 24.4. The van der Waals surface area contributed by atoms with Gasteiger partial charge in [0.15, 0.2) is 0 Å². The summed E-state index contributed by atoms with van der Waals surface area (Å²) in [5.74, 6) is -1.11. The summed E-state index contributed by atoms with van der Waals surface area (Å²) in [5.41, 5.74) is 1.31. The Morgan fingerprint density at radius 3 is 2.76 bits per heavy atom. The molecule has 0 aliphatic carbocycles. The van der Waals surface area contributed by atoms with Gasteiger partial charge in [-0.2, -0.15) is 11.3 Å². The highest BCUT2D eigenvalue weighted by Gasteiger charge is 2.14. The Bertz CT molecular complexity index is 604. The van der Waals surface area contributed by atoms with Crippen molar-refractivity contribution in [2.24, 2.45) is 0 Å². The van der Waals surface area contributed by atoms with Gasteiger partial charge >= 0.3 is 5.97 Å². The quantitative estimate of drug-likeness (QED) is 0.822. The minimum Gasteiger partial charge on any atom is -0.481 e. The van der Waals surface area contributed by atoms with E-state index in [2.05, 4.69) is 22.1 Å². The summed E-state index contributed by atoms with van der Waals surface area (Å²) in [6.45, 7) is 1.69. The van der Waals surface area contributed by atoms with Gasteiger partial charge in [-0.25, -0.2) is 0 Å². The molecule has 1 atom stereocenters. The molecule has 0 radical (unpaired) electrons. The topological polar surface area (TPSA) is 66.4 Å². The number of aliphatic carboxylic acids is 1. The molecule has 112 valence electrons. The molecule has 6 heteroatoms. The lowest BCUT2D eigenvalue weighted by Gasteiger charge is -2.10. The highest BCUT2D eigenvalue weighted by atomic mass is 32.1. The average Bonchev–Trinajstić information content (AvgIpc) is 3.07. The molecular formula is C15H17NO3S2. The molecule has 1 amide bonds. The van der Waals surface area contributed by atoms with Gasteiger partial charge < -0.3 is 10.4 Å². The fourth-order valence-electron chi connectivity index (χ4n) is 1.94. The fourth-order valence-corrected chi connectivity index (χ4v) is 3.56. The molecule has 21 heavy (non-hydrogen) atoms. The highest BCUT2D eigenvalue weighted by molar-refractivity contribution is 7.14. The van der Waals surface area contributed by atoms with E-state index in [4.69, 9.17) is 5.11 Å². The third-order valence-electron chi connectivity index (χ3n) is 2.98. The maximum atomic E-state index is 12.0. The summed E-state index contributed by atoms with van der Waals surface area (Å²) in [6, 6.07) is 5.51. The van der Waals surface area contributed by atoms with E-state index in [0.717, 1.165) is 17.7 Å². The van der Waals surface area contributed by atoms with Crippen molar-refractivity contribution in [1.82, 2.24) is 5.32 Å². The number of nitrogens with one attached hydrogen (secondary N) is 1. The number of carbonyl (C=O) groups excluding carboxylic acids is 1. The Morgan fingerprint density at radius 2 is 2.10 bits per heavy atom. The number of thiophene rings is 2. The van der Waals surface area contributed by atoms with Crippen LogP contribution in [0.15, 0.2) is 29.0 Å². The smallest absolute Gasteiger partial charge is 0.305 e. The molecule has 2 N–H and O–H groups in total. The molecule has 2 aromatic rings. The Kier molecular flexibility index (Phi) is 5.52. The molecule has 4 nitrogen and oxygen atoms in total. The first-order valence-electron chi connectivity index (χ1n) is 6.67. The number of carboxylic acid groups (broad SMARTS) is 1. The first-order chi connectivity index (χ1) is 10.0. The van der Waals surface area contributed by atoms with Crippen molar-refractivity contribution in [2.45, 2.75) is 32.2 Å². The molecule has 0 aliphatic rings. The van der Waals surface area contributed by atoms with Gasteiger partial charge in [0, 0.05) is 10.9 Å². The second-order valence-electron chi connectivity index (χ2n) is 4.87. The molecule has 2 heterocycles. The predicted octanol–water partition coefficient (Wildman–Crippen LogP) is 3.19. The molecule has 0 saturated carbocycles. The maximum Gasteiger partial charge on any atom is 0.305 e. The van der Waals surface area contributed by atoms with Crippen LogP contribution in [0.2, 0.25) is 0 Å². The first-order valence-corrected chi connectivity index (χ1v) is 8.43. The minimum atomic E-state index is -0.912. The van der Waals surface area contributed by atoms with Gasteiger partial charge in [0.1, 0.15) is 0 Å². The second-order valence-corrected chi connectivity index (χ2v) is 6.82. The molecule has 0 saturated heterocycles. The van der Waals surface area contributed by atoms with Crippen LogP contribution in [-0.2, 0) is 17.6 Å². The van der Waals surface area contributed by atoms with Crippen LogP contribution in [0.4, 0.5) is 0 Å². The molecule has 0 fully saturated rings. The summed E-state index contributed by atoms with van der Waals surface area (Å²) in [7, 11) is 0. The van der Waals surface area contributed by atoms with Crippen LogP contribution in [0.25, 0.3) is 0 Å². The molecular weight excluding hydrogens is 306 g/mol. The van der Waals surface area contributed by atoms with E-state index in [1.54, 1.807) is 24.3 Å². The van der Waals surface area contributed by atoms with Gasteiger partial charge in [-0.3, -0.25) is 9.59 Å². The number of hydrogen-bond donors (Lipinski definition) is 2. The third-order valence-corrected chi connectivity index (χ3v) is 4.86. The number of rotatable bonds is 7. The lowest BCUT2D eigenvalue weighted by atomic mass is 10.2. The first kappa shape index (κ1) is 15.7. The van der Waals surface area contributed by atoms with Crippen molar-refractivity contribution < 1.29 is 14.7 Å². The molecule has 2 aromatic heterocycles. The number of carbonyl (C=O) groups is 2. The van der Waals surface area contributed by atoms with Crippen LogP contribution >= 0.6 is 22.7 Å². The Hall–Kier alpha value is -1.66. The van der Waals surface area contributed by atoms with Crippen LogP contribution in [0.3, 0.4) is 0 Å². The van der Waals surface area contributed by atoms with E-state index in [1.807, 2.05) is 6.07 Å². The van der Waals surface area contributed by atoms with Gasteiger partial charge in [0.2, 0.25) is 0 Å². The number of hydrogen-bond acceptors (Lipinski definition) is 4. The summed E-state index contributed by atoms with van der Waals surface area (Å²) in [6.07, 6.45) is 1.82. The molecule has 2 rings (SSSR count). The zero-order valence-corrected chi connectivity index (χ0v) is 13.3. The lowest BCUT2D eigenvalue weighted by Crippen LogP contribution is -2.33. The van der Waals surface area contributed by atoms with E-state index in [-0.39, 0.29) is 18.4 Å². The SMILES string of the molecule is CC(CC(=O)O)NC(=O)c1ccc(CCc2ccsc2)s1. The van der Waals surface area contributed by atoms with Crippen LogP contribution in [-0.4, -0.2) is 23.0 Å². The largest absolute Gasteiger partial charge is 0.481 e. The number of aryl methyl sites for hydroxylation is 2. The maximum absolute atomic E-state index is 12.0. The Balaban J connectivity index is 1.86. The summed E-state index contributed by atoms with van der Waals surface area (Å²) >= 11 is 3.16. The van der Waals surface area contributed by atoms with E-state index >= 15 is 0 Å². The van der Waals surface area contributed by atoms with Crippen molar-refractivity contribution in [3.8, 4) is 0 Å². The van der Waals surface area contributed by atoms with E-state index in [0.29, 0.717) is 4.88 Å². The van der Waals surface area contributed by atoms with Gasteiger partial charge in [0.25, 0.3) is 5.91 Å². The third kappa shape index (κ3) is 4.99. The van der Waals surface area contributed by atoms with E-state index < -0.39 is 5.97 Å². The zero-order valence-electron chi connectivity index (χ0n) is 11.7. The van der Waals surface area contributed by atoms with Crippen molar-refractivity contribution in [1.29, 1.82) is 0 Å². The van der Waals surface area contributed by atoms with Crippen LogP contribution < -0.4 is 5.32 Å². The predicted molar refractivity (Wildman–Crippen MR) is 85.2 cm³/mol. The zero-order chi connectivity index (χ0) is 15.2. The van der Waals surface area contributed by atoms with Crippen molar-refractivity contribution in [3.05, 3.63) is 44.3 Å². The van der Waals surface area contributed by atoms with Gasteiger partial charge in [-0.1, -0.05) is 0 Å². The van der Waals surface area contributed by atoms with Crippen LogP contribution in [0.5, 0.6) is 0 Å². The average molecular weight is 323 g/mol. The summed E-state index contributed by atoms with van der Waals surface area (Å²) < 4.78 is 0. The van der Waals surface area contributed by atoms with Crippen molar-refractivity contribution in [2.75, 3.05) is 0 Å². The van der Waals surface area contributed by atoms with Gasteiger partial charge in [-0.05, 0) is 54.3 Å². The molecule has 0 bridgehead atoms. The Labute approximate surface area is 131 Å². The van der Waals surface area contributed by atoms with E-state index in [1.165, 1.54) is 16.9 Å². The molecule has 0 spiro atoms. The standard InChI is InChI=1S/C15H17NO3S2/c1-10(8-14(17)18)16-15(19)13-5-4-12(21-13)3-2-11-6-7-20-9-11/h4-7,9-10H,2-3,8H2,1H3,(H,16,19)(H,17,18). The monoisotopic (exact) mass is 323 g/mol. The lowest BCUT2D eigenvalue weighted by molar-refractivity contribution is -0.137. The fraction of sp³-hybridized carbons (Fsp3) is 0.333.